The van der Waals surface area contributed by atoms with Crippen LogP contribution in [0.15, 0.2) is 42.5 Å². The van der Waals surface area contributed by atoms with E-state index in [2.05, 4.69) is 10.1 Å². The van der Waals surface area contributed by atoms with E-state index in [4.69, 9.17) is 0 Å². The first-order valence-electron chi connectivity index (χ1n) is 6.00. The maximum absolute atomic E-state index is 11.5. The number of amides is 1. The second-order valence-corrected chi connectivity index (χ2v) is 4.25. The van der Waals surface area contributed by atoms with Crippen molar-refractivity contribution in [3.8, 4) is 0 Å². The third-order valence-corrected chi connectivity index (χ3v) is 3.01. The van der Waals surface area contributed by atoms with Crippen molar-refractivity contribution in [2.75, 3.05) is 7.11 Å². The number of rotatable bonds is 5. The molecule has 2 aromatic carbocycles. The summed E-state index contributed by atoms with van der Waals surface area (Å²) in [6.45, 7) is 0. The molecule has 0 saturated heterocycles. The van der Waals surface area contributed by atoms with Gasteiger partial charge in [0.1, 0.15) is 6.04 Å². The molecule has 1 amide bonds. The van der Waals surface area contributed by atoms with Crippen LogP contribution in [-0.2, 0) is 20.7 Å². The number of fused-ring (bicyclic) bond motifs is 1. The van der Waals surface area contributed by atoms with Crippen LogP contribution in [0.25, 0.3) is 10.8 Å². The minimum Gasteiger partial charge on any atom is -0.467 e. The summed E-state index contributed by atoms with van der Waals surface area (Å²) in [4.78, 5) is 22.0. The van der Waals surface area contributed by atoms with Gasteiger partial charge in [-0.1, -0.05) is 42.5 Å². The minimum absolute atomic E-state index is 0.413. The number of esters is 1. The molecule has 0 aliphatic carbocycles. The molecule has 0 aliphatic rings. The normalized spacial score (nSPS) is 11.8. The fourth-order valence-electron chi connectivity index (χ4n) is 2.04. The zero-order chi connectivity index (χ0) is 13.7. The van der Waals surface area contributed by atoms with Gasteiger partial charge in [-0.3, -0.25) is 4.79 Å². The summed E-state index contributed by atoms with van der Waals surface area (Å²) in [6, 6.07) is 13.3. The Morgan fingerprint density at radius 3 is 2.68 bits per heavy atom. The summed E-state index contributed by atoms with van der Waals surface area (Å²) in [5.41, 5.74) is 0.975. The van der Waals surface area contributed by atoms with Crippen molar-refractivity contribution in [1.82, 2.24) is 5.32 Å². The van der Waals surface area contributed by atoms with Gasteiger partial charge < -0.3 is 10.1 Å². The Morgan fingerprint density at radius 2 is 2.00 bits per heavy atom. The molecule has 0 bridgehead atoms. The Kier molecular flexibility index (Phi) is 4.13. The van der Waals surface area contributed by atoms with E-state index >= 15 is 0 Å². The highest BCUT2D eigenvalue weighted by molar-refractivity contribution is 5.83. The number of hydrogen-bond acceptors (Lipinski definition) is 3. The second-order valence-electron chi connectivity index (χ2n) is 4.25. The van der Waals surface area contributed by atoms with Gasteiger partial charge in [0, 0.05) is 6.42 Å². The summed E-state index contributed by atoms with van der Waals surface area (Å²) < 4.78 is 4.66. The molecule has 4 nitrogen and oxygen atoms in total. The molecule has 0 aliphatic heterocycles. The van der Waals surface area contributed by atoms with Crippen LogP contribution in [0.3, 0.4) is 0 Å². The molecular formula is C15H15NO3. The first-order valence-corrected chi connectivity index (χ1v) is 6.00. The fourth-order valence-corrected chi connectivity index (χ4v) is 2.04. The third-order valence-electron chi connectivity index (χ3n) is 3.01. The molecule has 2 rings (SSSR count). The topological polar surface area (TPSA) is 55.4 Å². The molecule has 19 heavy (non-hydrogen) atoms. The standard InChI is InChI=1S/C15H15NO3/c1-19-15(18)14(16-10-17)9-11-6-7-12-4-2-3-5-13(12)8-11/h2-8,10,14H,9H2,1H3,(H,16,17). The number of hydrogen-bond donors (Lipinski definition) is 1. The van der Waals surface area contributed by atoms with Crippen LogP contribution in [-0.4, -0.2) is 25.5 Å². The molecule has 0 saturated carbocycles. The van der Waals surface area contributed by atoms with E-state index < -0.39 is 12.0 Å². The number of carbonyl (C=O) groups is 2. The van der Waals surface area contributed by atoms with Crippen LogP contribution >= 0.6 is 0 Å². The van der Waals surface area contributed by atoms with Gasteiger partial charge >= 0.3 is 5.97 Å². The SMILES string of the molecule is COC(=O)C(Cc1ccc2ccccc2c1)NC=O. The van der Waals surface area contributed by atoms with Crippen LogP contribution in [0.4, 0.5) is 0 Å². The molecule has 98 valence electrons. The largest absolute Gasteiger partial charge is 0.467 e. The van der Waals surface area contributed by atoms with Crippen LogP contribution in [0.2, 0.25) is 0 Å². The summed E-state index contributed by atoms with van der Waals surface area (Å²) >= 11 is 0. The van der Waals surface area contributed by atoms with E-state index in [1.165, 1.54) is 7.11 Å². The molecule has 0 aromatic heterocycles. The van der Waals surface area contributed by atoms with Crippen molar-refractivity contribution in [1.29, 1.82) is 0 Å². The second kappa shape index (κ2) is 6.00. The maximum atomic E-state index is 11.5. The number of methoxy groups -OCH3 is 1. The van der Waals surface area contributed by atoms with Gasteiger partial charge in [0.05, 0.1) is 7.11 Å². The average Bonchev–Trinajstić information content (AvgIpc) is 2.46. The first kappa shape index (κ1) is 13.1. The molecule has 0 heterocycles. The van der Waals surface area contributed by atoms with Gasteiger partial charge in [0.15, 0.2) is 0 Å². The molecular weight excluding hydrogens is 242 g/mol. The van der Waals surface area contributed by atoms with E-state index in [1.54, 1.807) is 0 Å². The van der Waals surface area contributed by atoms with Crippen LogP contribution in [0, 0.1) is 0 Å². The van der Waals surface area contributed by atoms with Crippen molar-refractivity contribution < 1.29 is 14.3 Å². The number of nitrogens with one attached hydrogen (secondary N) is 1. The van der Waals surface area contributed by atoms with Crippen LogP contribution < -0.4 is 5.32 Å². The lowest BCUT2D eigenvalue weighted by Crippen LogP contribution is -2.38. The van der Waals surface area contributed by atoms with E-state index in [0.717, 1.165) is 16.3 Å². The quantitative estimate of drug-likeness (QED) is 0.655. The number of carbonyl (C=O) groups excluding carboxylic acids is 2. The lowest BCUT2D eigenvalue weighted by atomic mass is 10.0. The molecule has 1 N–H and O–H groups in total. The Balaban J connectivity index is 2.23. The lowest BCUT2D eigenvalue weighted by molar-refractivity contribution is -0.144. The maximum Gasteiger partial charge on any atom is 0.328 e. The van der Waals surface area contributed by atoms with Gasteiger partial charge in [0.25, 0.3) is 0 Å². The van der Waals surface area contributed by atoms with Crippen molar-refractivity contribution in [3.63, 3.8) is 0 Å². The molecule has 0 spiro atoms. The zero-order valence-electron chi connectivity index (χ0n) is 10.6. The third kappa shape index (κ3) is 3.10. The van der Waals surface area contributed by atoms with Gasteiger partial charge in [-0.05, 0) is 16.3 Å². The van der Waals surface area contributed by atoms with Crippen molar-refractivity contribution in [2.24, 2.45) is 0 Å². The van der Waals surface area contributed by atoms with Crippen LogP contribution in [0.5, 0.6) is 0 Å². The first-order chi connectivity index (χ1) is 9.24. The van der Waals surface area contributed by atoms with Crippen molar-refractivity contribution in [3.05, 3.63) is 48.0 Å². The summed E-state index contributed by atoms with van der Waals surface area (Å²) in [7, 11) is 1.31. The Bertz CT molecular complexity index is 595. The molecule has 0 fully saturated rings. The molecule has 4 heteroatoms. The van der Waals surface area contributed by atoms with E-state index in [0.29, 0.717) is 12.8 Å². The van der Waals surface area contributed by atoms with Crippen molar-refractivity contribution in [2.45, 2.75) is 12.5 Å². The summed E-state index contributed by atoms with van der Waals surface area (Å²) in [5, 5.41) is 4.72. The Hall–Kier alpha value is -2.36. The molecule has 1 atom stereocenters. The Labute approximate surface area is 111 Å². The minimum atomic E-state index is -0.649. The highest BCUT2D eigenvalue weighted by Gasteiger charge is 2.18. The smallest absolute Gasteiger partial charge is 0.328 e. The molecule has 1 unspecified atom stereocenters. The number of ether oxygens (including phenoxy) is 1. The van der Waals surface area contributed by atoms with Gasteiger partial charge in [0.2, 0.25) is 6.41 Å². The fraction of sp³-hybridized carbons (Fsp3) is 0.200. The van der Waals surface area contributed by atoms with E-state index in [-0.39, 0.29) is 0 Å². The predicted octanol–water partition coefficient (Wildman–Crippen LogP) is 1.67. The zero-order valence-corrected chi connectivity index (χ0v) is 10.6. The highest BCUT2D eigenvalue weighted by atomic mass is 16.5. The average molecular weight is 257 g/mol. The van der Waals surface area contributed by atoms with E-state index in [9.17, 15) is 9.59 Å². The van der Waals surface area contributed by atoms with Crippen LogP contribution in [0.1, 0.15) is 5.56 Å². The molecule has 0 radical (unpaired) electrons. The Morgan fingerprint density at radius 1 is 1.26 bits per heavy atom. The summed E-state index contributed by atoms with van der Waals surface area (Å²) in [5.74, 6) is -0.444. The predicted molar refractivity (Wildman–Crippen MR) is 72.7 cm³/mol. The monoisotopic (exact) mass is 257 g/mol. The van der Waals surface area contributed by atoms with Crippen molar-refractivity contribution >= 4 is 23.2 Å². The molecule has 2 aromatic rings. The lowest BCUT2D eigenvalue weighted by Gasteiger charge is -2.13. The highest BCUT2D eigenvalue weighted by Crippen LogP contribution is 2.16. The summed E-state index contributed by atoms with van der Waals surface area (Å²) in [6.07, 6.45) is 0.929. The number of benzene rings is 2. The van der Waals surface area contributed by atoms with E-state index in [1.807, 2.05) is 42.5 Å². The van der Waals surface area contributed by atoms with Gasteiger partial charge in [-0.15, -0.1) is 0 Å². The van der Waals surface area contributed by atoms with Gasteiger partial charge in [-0.2, -0.15) is 0 Å². The van der Waals surface area contributed by atoms with Gasteiger partial charge in [-0.25, -0.2) is 4.79 Å².